The second-order valence-electron chi connectivity index (χ2n) is 8.11. The SMILES string of the molecule is CC(=O)Oc1ccc(C(=O)[C@@H]2[C@@H]3C(=O)N(c4ccc(Cl)cc4Cl)C(=O)[C@@H]3[C@H]3C=CC=NN32)cc1. The monoisotopic (exact) mass is 497 g/mol. The number of rotatable bonds is 4. The maximum Gasteiger partial charge on any atom is 0.308 e. The van der Waals surface area contributed by atoms with Crippen molar-refractivity contribution in [2.45, 2.75) is 19.0 Å². The number of carbonyl (C=O) groups excluding carboxylic acids is 4. The topological polar surface area (TPSA) is 96.3 Å². The molecule has 3 heterocycles. The third-order valence-electron chi connectivity index (χ3n) is 6.11. The minimum absolute atomic E-state index is 0.159. The summed E-state index contributed by atoms with van der Waals surface area (Å²) in [5.41, 5.74) is 0.524. The highest BCUT2D eigenvalue weighted by Crippen LogP contribution is 2.47. The number of ether oxygens (including phenoxy) is 1. The Morgan fingerprint density at radius 2 is 1.71 bits per heavy atom. The minimum Gasteiger partial charge on any atom is -0.427 e. The van der Waals surface area contributed by atoms with Crippen molar-refractivity contribution in [1.82, 2.24) is 5.01 Å². The molecule has 3 aliphatic heterocycles. The van der Waals surface area contributed by atoms with Crippen LogP contribution in [0.25, 0.3) is 0 Å². The van der Waals surface area contributed by atoms with Gasteiger partial charge in [-0.05, 0) is 48.5 Å². The van der Waals surface area contributed by atoms with E-state index in [1.165, 1.54) is 54.5 Å². The number of benzene rings is 2. The first-order valence-corrected chi connectivity index (χ1v) is 11.2. The Labute approximate surface area is 204 Å². The Morgan fingerprint density at radius 3 is 2.38 bits per heavy atom. The van der Waals surface area contributed by atoms with Crippen molar-refractivity contribution in [3.63, 3.8) is 0 Å². The van der Waals surface area contributed by atoms with Crippen molar-refractivity contribution in [1.29, 1.82) is 0 Å². The number of imide groups is 1. The number of esters is 1. The lowest BCUT2D eigenvalue weighted by molar-refractivity contribution is -0.132. The van der Waals surface area contributed by atoms with E-state index in [0.29, 0.717) is 16.3 Å². The third-order valence-corrected chi connectivity index (χ3v) is 6.65. The van der Waals surface area contributed by atoms with E-state index in [1.54, 1.807) is 18.2 Å². The summed E-state index contributed by atoms with van der Waals surface area (Å²) in [4.78, 5) is 52.9. The number of hydrazone groups is 1. The number of hydrogen-bond acceptors (Lipinski definition) is 7. The van der Waals surface area contributed by atoms with Crippen molar-refractivity contribution in [2.24, 2.45) is 16.9 Å². The molecule has 2 aromatic rings. The zero-order valence-electron chi connectivity index (χ0n) is 17.7. The summed E-state index contributed by atoms with van der Waals surface area (Å²) >= 11 is 12.3. The van der Waals surface area contributed by atoms with Crippen molar-refractivity contribution < 1.29 is 23.9 Å². The van der Waals surface area contributed by atoms with Gasteiger partial charge in [0.05, 0.1) is 28.6 Å². The fourth-order valence-electron chi connectivity index (χ4n) is 4.76. The molecule has 5 rings (SSSR count). The first kappa shape index (κ1) is 22.3. The molecule has 34 heavy (non-hydrogen) atoms. The number of carbonyl (C=O) groups is 4. The highest BCUT2D eigenvalue weighted by Gasteiger charge is 2.64. The lowest BCUT2D eigenvalue weighted by Crippen LogP contribution is -2.46. The van der Waals surface area contributed by atoms with Gasteiger partial charge in [-0.15, -0.1) is 0 Å². The Morgan fingerprint density at radius 1 is 1.00 bits per heavy atom. The van der Waals surface area contributed by atoms with Crippen LogP contribution in [-0.4, -0.2) is 46.9 Å². The van der Waals surface area contributed by atoms with E-state index < -0.39 is 41.7 Å². The summed E-state index contributed by atoms with van der Waals surface area (Å²) in [6.45, 7) is 1.28. The quantitative estimate of drug-likeness (QED) is 0.277. The highest BCUT2D eigenvalue weighted by molar-refractivity contribution is 6.38. The van der Waals surface area contributed by atoms with Crippen LogP contribution in [0, 0.1) is 11.8 Å². The number of allylic oxidation sites excluding steroid dienone is 1. The molecule has 4 atom stereocenters. The predicted molar refractivity (Wildman–Crippen MR) is 125 cm³/mol. The van der Waals surface area contributed by atoms with E-state index >= 15 is 0 Å². The molecule has 0 saturated carbocycles. The van der Waals surface area contributed by atoms with Crippen molar-refractivity contribution in [3.8, 4) is 5.75 Å². The Hall–Kier alpha value is -3.49. The number of nitrogens with zero attached hydrogens (tertiary/aromatic N) is 3. The number of ketones is 1. The van der Waals surface area contributed by atoms with Crippen LogP contribution in [0.4, 0.5) is 5.69 Å². The van der Waals surface area contributed by atoms with Gasteiger partial charge in [-0.25, -0.2) is 4.90 Å². The van der Waals surface area contributed by atoms with Gasteiger partial charge in [-0.2, -0.15) is 5.10 Å². The molecule has 0 aromatic heterocycles. The summed E-state index contributed by atoms with van der Waals surface area (Å²) < 4.78 is 5.02. The lowest BCUT2D eigenvalue weighted by atomic mass is 9.86. The van der Waals surface area contributed by atoms with Gasteiger partial charge in [0.2, 0.25) is 11.8 Å². The van der Waals surface area contributed by atoms with Crippen LogP contribution in [0.2, 0.25) is 10.0 Å². The molecule has 2 amide bonds. The molecule has 0 N–H and O–H groups in total. The highest BCUT2D eigenvalue weighted by atomic mass is 35.5. The number of Topliss-reactive ketones (excluding diaryl/α,β-unsaturated/α-hetero) is 1. The second kappa shape index (κ2) is 8.38. The van der Waals surface area contributed by atoms with Crippen molar-refractivity contribution >= 4 is 58.7 Å². The zero-order valence-corrected chi connectivity index (χ0v) is 19.2. The normalized spacial score (nSPS) is 24.9. The molecule has 0 radical (unpaired) electrons. The number of amides is 2. The summed E-state index contributed by atoms with van der Waals surface area (Å²) in [6, 6.07) is 8.99. The predicted octanol–water partition coefficient (Wildman–Crippen LogP) is 3.52. The van der Waals surface area contributed by atoms with Crippen LogP contribution < -0.4 is 9.64 Å². The Bertz CT molecular complexity index is 1290. The summed E-state index contributed by atoms with van der Waals surface area (Å²) in [5.74, 6) is -3.29. The van der Waals surface area contributed by atoms with Crippen LogP contribution in [0.15, 0.2) is 59.7 Å². The smallest absolute Gasteiger partial charge is 0.308 e. The molecule has 0 bridgehead atoms. The van der Waals surface area contributed by atoms with E-state index in [4.69, 9.17) is 27.9 Å². The van der Waals surface area contributed by atoms with Crippen LogP contribution in [0.1, 0.15) is 17.3 Å². The van der Waals surface area contributed by atoms with Gasteiger partial charge in [-0.1, -0.05) is 29.3 Å². The molecule has 2 saturated heterocycles. The van der Waals surface area contributed by atoms with Gasteiger partial charge in [-0.3, -0.25) is 24.2 Å². The average Bonchev–Trinajstić information content (AvgIpc) is 3.27. The van der Waals surface area contributed by atoms with Gasteiger partial charge in [0.25, 0.3) is 0 Å². The largest absolute Gasteiger partial charge is 0.427 e. The van der Waals surface area contributed by atoms with Crippen LogP contribution in [0.5, 0.6) is 5.75 Å². The minimum atomic E-state index is -0.997. The first-order valence-electron chi connectivity index (χ1n) is 10.4. The summed E-state index contributed by atoms with van der Waals surface area (Å²) in [5, 5.41) is 6.37. The molecule has 0 aliphatic carbocycles. The lowest BCUT2D eigenvalue weighted by Gasteiger charge is -2.30. The molecule has 0 spiro atoms. The molecule has 0 unspecified atom stereocenters. The van der Waals surface area contributed by atoms with Crippen molar-refractivity contribution in [3.05, 3.63) is 70.2 Å². The number of fused-ring (bicyclic) bond motifs is 3. The van der Waals surface area contributed by atoms with Gasteiger partial charge in [0.1, 0.15) is 11.8 Å². The Kier molecular flexibility index (Phi) is 5.50. The molecule has 2 fully saturated rings. The van der Waals surface area contributed by atoms with E-state index in [0.717, 1.165) is 4.90 Å². The summed E-state index contributed by atoms with van der Waals surface area (Å²) in [7, 11) is 0. The van der Waals surface area contributed by atoms with E-state index in [9.17, 15) is 19.2 Å². The fraction of sp³-hybridized carbons (Fsp3) is 0.208. The maximum absolute atomic E-state index is 13.6. The molecule has 8 nitrogen and oxygen atoms in total. The molecule has 2 aromatic carbocycles. The van der Waals surface area contributed by atoms with Gasteiger partial charge in [0, 0.05) is 23.7 Å². The van der Waals surface area contributed by atoms with Gasteiger partial charge < -0.3 is 4.74 Å². The van der Waals surface area contributed by atoms with Gasteiger partial charge in [0.15, 0.2) is 5.78 Å². The molecular formula is C24H17Cl2N3O5. The first-order chi connectivity index (χ1) is 16.3. The fourth-order valence-corrected chi connectivity index (χ4v) is 5.25. The van der Waals surface area contributed by atoms with Crippen LogP contribution in [0.3, 0.4) is 0 Å². The molecule has 172 valence electrons. The number of anilines is 1. The maximum atomic E-state index is 13.6. The van der Waals surface area contributed by atoms with E-state index in [1.807, 2.05) is 0 Å². The van der Waals surface area contributed by atoms with Crippen LogP contribution in [-0.2, 0) is 14.4 Å². The van der Waals surface area contributed by atoms with E-state index in [-0.39, 0.29) is 16.5 Å². The Balaban J connectivity index is 1.53. The molecule has 3 aliphatic rings. The van der Waals surface area contributed by atoms with E-state index in [2.05, 4.69) is 5.10 Å². The van der Waals surface area contributed by atoms with Crippen molar-refractivity contribution in [2.75, 3.05) is 4.90 Å². The number of halogens is 2. The zero-order chi connectivity index (χ0) is 24.1. The molecular weight excluding hydrogens is 481 g/mol. The molecule has 10 heteroatoms. The average molecular weight is 498 g/mol. The second-order valence-corrected chi connectivity index (χ2v) is 8.95. The van der Waals surface area contributed by atoms with Gasteiger partial charge >= 0.3 is 5.97 Å². The standard InChI is InChI=1S/C24H17Cl2N3O5/c1-12(30)34-15-7-4-13(5-8-15)22(31)21-20-19(18-3-2-10-27-29(18)21)23(32)28(24(20)33)17-9-6-14(25)11-16(17)26/h2-11,18-21H,1H3/t18-,19-,20-,21+/m1/s1. The third kappa shape index (κ3) is 3.50. The van der Waals surface area contributed by atoms with Crippen LogP contribution >= 0.6 is 23.2 Å². The summed E-state index contributed by atoms with van der Waals surface area (Å²) in [6.07, 6.45) is 4.97. The number of hydrogen-bond donors (Lipinski definition) is 0.